The van der Waals surface area contributed by atoms with E-state index in [-0.39, 0.29) is 6.04 Å². The van der Waals surface area contributed by atoms with Gasteiger partial charge in [0.15, 0.2) is 0 Å². The van der Waals surface area contributed by atoms with E-state index in [9.17, 15) is 8.42 Å². The zero-order chi connectivity index (χ0) is 24.2. The molecule has 0 unspecified atom stereocenters. The molecular formula is C29H36N2O2S. The van der Waals surface area contributed by atoms with Crippen LogP contribution in [0, 0.1) is 5.92 Å². The Kier molecular flexibility index (Phi) is 7.44. The molecule has 4 nitrogen and oxygen atoms in total. The van der Waals surface area contributed by atoms with E-state index in [1.54, 1.807) is 20.8 Å². The molecule has 0 heterocycles. The summed E-state index contributed by atoms with van der Waals surface area (Å²) in [5, 5.41) is 3.57. The van der Waals surface area contributed by atoms with Crippen molar-refractivity contribution in [3.8, 4) is 22.3 Å². The first kappa shape index (κ1) is 24.5. The highest BCUT2D eigenvalue weighted by Crippen LogP contribution is 2.28. The molecule has 0 aliphatic heterocycles. The van der Waals surface area contributed by atoms with Crippen LogP contribution in [0.5, 0.6) is 0 Å². The number of nitrogens with one attached hydrogen (secondary N) is 2. The molecule has 3 aromatic carbocycles. The van der Waals surface area contributed by atoms with Gasteiger partial charge >= 0.3 is 0 Å². The SMILES string of the molecule is CC(C)(C)S(=O)(=O)N[C@H]1CC[C@H](CNc2ccc(-c3ccc(-c4ccccc4)cc3)cc2)CC1. The molecule has 34 heavy (non-hydrogen) atoms. The third-order valence-electron chi connectivity index (χ3n) is 6.78. The minimum absolute atomic E-state index is 0.0630. The molecule has 0 bridgehead atoms. The highest BCUT2D eigenvalue weighted by Gasteiger charge is 2.32. The van der Waals surface area contributed by atoms with Crippen LogP contribution >= 0.6 is 0 Å². The van der Waals surface area contributed by atoms with E-state index in [0.29, 0.717) is 5.92 Å². The van der Waals surface area contributed by atoms with Crippen molar-refractivity contribution in [2.24, 2.45) is 5.92 Å². The first-order valence-corrected chi connectivity index (χ1v) is 13.7. The second kappa shape index (κ2) is 10.3. The summed E-state index contributed by atoms with van der Waals surface area (Å²) in [6.07, 6.45) is 3.88. The number of benzene rings is 3. The Bertz CT molecular complexity index is 1160. The maximum atomic E-state index is 12.4. The van der Waals surface area contributed by atoms with E-state index in [2.05, 4.69) is 82.8 Å². The minimum Gasteiger partial charge on any atom is -0.385 e. The molecule has 0 spiro atoms. The fourth-order valence-electron chi connectivity index (χ4n) is 4.41. The lowest BCUT2D eigenvalue weighted by Gasteiger charge is -2.31. The normalized spacial score (nSPS) is 19.0. The molecule has 1 aliphatic rings. The smallest absolute Gasteiger partial charge is 0.216 e. The molecule has 1 fully saturated rings. The van der Waals surface area contributed by atoms with Crippen LogP contribution in [0.3, 0.4) is 0 Å². The maximum Gasteiger partial charge on any atom is 0.216 e. The molecule has 5 heteroatoms. The van der Waals surface area contributed by atoms with Crippen LogP contribution in [0.2, 0.25) is 0 Å². The second-order valence-corrected chi connectivity index (χ2v) is 12.8. The van der Waals surface area contributed by atoms with Crippen LogP contribution in [-0.2, 0) is 10.0 Å². The fraction of sp³-hybridized carbons (Fsp3) is 0.379. The molecule has 0 saturated heterocycles. The molecule has 1 aliphatic carbocycles. The van der Waals surface area contributed by atoms with Crippen molar-refractivity contribution < 1.29 is 8.42 Å². The summed E-state index contributed by atoms with van der Waals surface area (Å²) in [7, 11) is -3.28. The molecule has 0 amide bonds. The van der Waals surface area contributed by atoms with E-state index < -0.39 is 14.8 Å². The standard InChI is InChI=1S/C29H36N2O2S/c1-29(2,3)34(32,33)31-28-17-9-22(10-18-28)21-30-27-19-15-26(16-20-27)25-13-11-24(12-14-25)23-7-5-4-6-8-23/h4-8,11-16,19-20,22,28,30-31H,9-10,17-18,21H2,1-3H3/t22-,28-. The van der Waals surface area contributed by atoms with Crippen LogP contribution in [0.1, 0.15) is 46.5 Å². The Balaban J connectivity index is 1.26. The van der Waals surface area contributed by atoms with Crippen molar-refractivity contribution in [1.82, 2.24) is 4.72 Å². The fourth-order valence-corrected chi connectivity index (χ4v) is 5.44. The van der Waals surface area contributed by atoms with Crippen molar-refractivity contribution in [3.63, 3.8) is 0 Å². The molecule has 180 valence electrons. The summed E-state index contributed by atoms with van der Waals surface area (Å²) in [4.78, 5) is 0. The molecule has 0 aromatic heterocycles. The van der Waals surface area contributed by atoms with Gasteiger partial charge in [-0.15, -0.1) is 0 Å². The predicted molar refractivity (Wildman–Crippen MR) is 143 cm³/mol. The van der Waals surface area contributed by atoms with Crippen LogP contribution in [0.25, 0.3) is 22.3 Å². The van der Waals surface area contributed by atoms with Gasteiger partial charge in [-0.25, -0.2) is 13.1 Å². The van der Waals surface area contributed by atoms with E-state index in [4.69, 9.17) is 0 Å². The van der Waals surface area contributed by atoms with Crippen molar-refractivity contribution in [2.45, 2.75) is 57.2 Å². The van der Waals surface area contributed by atoms with Gasteiger partial charge in [0.25, 0.3) is 0 Å². The number of rotatable bonds is 7. The summed E-state index contributed by atoms with van der Waals surface area (Å²) in [5.74, 6) is 0.570. The van der Waals surface area contributed by atoms with Crippen LogP contribution in [0.4, 0.5) is 5.69 Å². The molecule has 3 aromatic rings. The molecular weight excluding hydrogens is 440 g/mol. The number of sulfonamides is 1. The molecule has 0 radical (unpaired) electrons. The average Bonchev–Trinajstić information content (AvgIpc) is 2.84. The monoisotopic (exact) mass is 476 g/mol. The predicted octanol–water partition coefficient (Wildman–Crippen LogP) is 6.71. The number of anilines is 1. The maximum absolute atomic E-state index is 12.4. The number of hydrogen-bond donors (Lipinski definition) is 2. The molecule has 4 rings (SSSR count). The lowest BCUT2D eigenvalue weighted by molar-refractivity contribution is 0.322. The lowest BCUT2D eigenvalue weighted by Crippen LogP contribution is -2.46. The first-order chi connectivity index (χ1) is 16.2. The summed E-state index contributed by atoms with van der Waals surface area (Å²) in [6.45, 7) is 6.16. The Morgan fingerprint density at radius 1 is 0.706 bits per heavy atom. The van der Waals surface area contributed by atoms with Gasteiger partial charge in [0, 0.05) is 18.3 Å². The van der Waals surface area contributed by atoms with Crippen molar-refractivity contribution in [2.75, 3.05) is 11.9 Å². The first-order valence-electron chi connectivity index (χ1n) is 12.2. The summed E-state index contributed by atoms with van der Waals surface area (Å²) >= 11 is 0. The van der Waals surface area contributed by atoms with Gasteiger partial charge in [0.05, 0.1) is 4.75 Å². The summed E-state index contributed by atoms with van der Waals surface area (Å²) in [5.41, 5.74) is 6.00. The van der Waals surface area contributed by atoms with E-state index in [1.807, 2.05) is 6.07 Å². The Labute approximate surface area is 204 Å². The summed E-state index contributed by atoms with van der Waals surface area (Å²) in [6, 6.07) is 27.8. The second-order valence-electron chi connectivity index (χ2n) is 10.4. The highest BCUT2D eigenvalue weighted by molar-refractivity contribution is 7.90. The molecule has 2 N–H and O–H groups in total. The quantitative estimate of drug-likeness (QED) is 0.398. The van der Waals surface area contributed by atoms with Gasteiger partial charge in [-0.1, -0.05) is 66.7 Å². The van der Waals surface area contributed by atoms with Gasteiger partial charge in [0.2, 0.25) is 10.0 Å². The molecule has 0 atom stereocenters. The third kappa shape index (κ3) is 6.08. The third-order valence-corrected chi connectivity index (χ3v) is 9.04. The molecule has 1 saturated carbocycles. The van der Waals surface area contributed by atoms with E-state index >= 15 is 0 Å². The zero-order valence-electron chi connectivity index (χ0n) is 20.4. The number of hydrogen-bond acceptors (Lipinski definition) is 3. The Morgan fingerprint density at radius 3 is 1.68 bits per heavy atom. The topological polar surface area (TPSA) is 58.2 Å². The highest BCUT2D eigenvalue weighted by atomic mass is 32.2. The van der Waals surface area contributed by atoms with Gasteiger partial charge in [-0.3, -0.25) is 0 Å². The van der Waals surface area contributed by atoms with Gasteiger partial charge in [0.1, 0.15) is 0 Å². The van der Waals surface area contributed by atoms with Gasteiger partial charge < -0.3 is 5.32 Å². The average molecular weight is 477 g/mol. The van der Waals surface area contributed by atoms with Crippen molar-refractivity contribution >= 4 is 15.7 Å². The lowest BCUT2D eigenvalue weighted by atomic mass is 9.86. The van der Waals surface area contributed by atoms with Crippen LogP contribution in [0.15, 0.2) is 78.9 Å². The van der Waals surface area contributed by atoms with Gasteiger partial charge in [-0.2, -0.15) is 0 Å². The summed E-state index contributed by atoms with van der Waals surface area (Å²) < 4.78 is 27.0. The minimum atomic E-state index is -3.28. The van der Waals surface area contributed by atoms with Crippen LogP contribution in [-0.4, -0.2) is 25.8 Å². The Morgan fingerprint density at radius 2 is 1.18 bits per heavy atom. The van der Waals surface area contributed by atoms with Gasteiger partial charge in [-0.05, 0) is 86.8 Å². The Hall–Kier alpha value is -2.63. The van der Waals surface area contributed by atoms with Crippen molar-refractivity contribution in [1.29, 1.82) is 0 Å². The van der Waals surface area contributed by atoms with Crippen molar-refractivity contribution in [3.05, 3.63) is 78.9 Å². The zero-order valence-corrected chi connectivity index (χ0v) is 21.2. The largest absolute Gasteiger partial charge is 0.385 e. The van der Waals surface area contributed by atoms with E-state index in [1.165, 1.54) is 22.3 Å². The van der Waals surface area contributed by atoms with E-state index in [0.717, 1.165) is 37.9 Å². The van der Waals surface area contributed by atoms with Crippen LogP contribution < -0.4 is 10.0 Å².